The molecule has 1 aliphatic rings. The molecule has 0 radical (unpaired) electrons. The maximum absolute atomic E-state index is 11.3. The molecule has 1 aromatic rings. The van der Waals surface area contributed by atoms with E-state index in [0.717, 1.165) is 30.7 Å². The molecule has 0 bridgehead atoms. The summed E-state index contributed by atoms with van der Waals surface area (Å²) in [6, 6.07) is 7.29. The molecular formula is C19H30NO3+. The van der Waals surface area contributed by atoms with Crippen LogP contribution in [-0.2, 0) is 4.74 Å². The van der Waals surface area contributed by atoms with Crippen molar-refractivity contribution >= 4 is 5.78 Å². The molecule has 0 aliphatic carbocycles. The lowest BCUT2D eigenvalue weighted by Gasteiger charge is -2.31. The second-order valence-corrected chi connectivity index (χ2v) is 6.90. The summed E-state index contributed by atoms with van der Waals surface area (Å²) in [6.07, 6.45) is 1.36. The van der Waals surface area contributed by atoms with E-state index in [2.05, 4.69) is 13.8 Å². The van der Waals surface area contributed by atoms with E-state index in [1.807, 2.05) is 12.1 Å². The smallest absolute Gasteiger partial charge is 0.159 e. The average molecular weight is 320 g/mol. The van der Waals surface area contributed by atoms with Crippen LogP contribution in [0.15, 0.2) is 24.3 Å². The Bertz CT molecular complexity index is 493. The third-order valence-corrected chi connectivity index (χ3v) is 4.42. The van der Waals surface area contributed by atoms with Gasteiger partial charge < -0.3 is 14.4 Å². The number of likely N-dealkylation sites (tertiary alicyclic amines) is 1. The molecule has 1 N–H and O–H groups in total. The fourth-order valence-electron chi connectivity index (χ4n) is 3.47. The molecule has 0 aromatic heterocycles. The highest BCUT2D eigenvalue weighted by molar-refractivity contribution is 5.94. The highest BCUT2D eigenvalue weighted by Crippen LogP contribution is 2.13. The van der Waals surface area contributed by atoms with Crippen LogP contribution in [0.3, 0.4) is 0 Å². The topological polar surface area (TPSA) is 40.0 Å². The van der Waals surface area contributed by atoms with Gasteiger partial charge in [-0.15, -0.1) is 0 Å². The van der Waals surface area contributed by atoms with Crippen molar-refractivity contribution in [1.82, 2.24) is 0 Å². The molecule has 4 nitrogen and oxygen atoms in total. The van der Waals surface area contributed by atoms with Crippen molar-refractivity contribution in [2.75, 3.05) is 39.5 Å². The Morgan fingerprint density at radius 1 is 1.17 bits per heavy atom. The fraction of sp³-hybridized carbons (Fsp3) is 0.632. The molecule has 0 amide bonds. The summed E-state index contributed by atoms with van der Waals surface area (Å²) in [5, 5.41) is 0. The summed E-state index contributed by atoms with van der Waals surface area (Å²) in [5.41, 5.74) is 0.681. The van der Waals surface area contributed by atoms with Crippen LogP contribution in [0.2, 0.25) is 0 Å². The van der Waals surface area contributed by atoms with Crippen molar-refractivity contribution in [3.8, 4) is 5.75 Å². The molecule has 128 valence electrons. The number of nitrogens with one attached hydrogen (secondary N) is 1. The van der Waals surface area contributed by atoms with Gasteiger partial charge in [-0.25, -0.2) is 0 Å². The molecule has 0 unspecified atom stereocenters. The van der Waals surface area contributed by atoms with Crippen LogP contribution >= 0.6 is 0 Å². The van der Waals surface area contributed by atoms with Gasteiger partial charge >= 0.3 is 0 Å². The zero-order chi connectivity index (χ0) is 16.7. The van der Waals surface area contributed by atoms with E-state index >= 15 is 0 Å². The third kappa shape index (κ3) is 6.32. The van der Waals surface area contributed by atoms with Gasteiger partial charge in [0.25, 0.3) is 0 Å². The number of hydrogen-bond acceptors (Lipinski definition) is 3. The molecule has 4 heteroatoms. The van der Waals surface area contributed by atoms with Gasteiger partial charge in [0.1, 0.15) is 18.9 Å². The van der Waals surface area contributed by atoms with E-state index in [1.165, 1.54) is 19.5 Å². The Hall–Kier alpha value is -1.39. The summed E-state index contributed by atoms with van der Waals surface area (Å²) in [7, 11) is 0. The number of benzene rings is 1. The monoisotopic (exact) mass is 320 g/mol. The van der Waals surface area contributed by atoms with E-state index < -0.39 is 0 Å². The zero-order valence-corrected chi connectivity index (χ0v) is 14.6. The predicted molar refractivity (Wildman–Crippen MR) is 91.3 cm³/mol. The Balaban J connectivity index is 1.59. The molecule has 1 fully saturated rings. The first kappa shape index (κ1) is 18.0. The molecule has 0 spiro atoms. The molecule has 1 aliphatic heterocycles. The predicted octanol–water partition coefficient (Wildman–Crippen LogP) is 1.85. The molecule has 2 atom stereocenters. The van der Waals surface area contributed by atoms with Gasteiger partial charge in [-0.3, -0.25) is 4.79 Å². The molecule has 1 heterocycles. The fourth-order valence-corrected chi connectivity index (χ4v) is 3.47. The Labute approximate surface area is 139 Å². The van der Waals surface area contributed by atoms with E-state index in [0.29, 0.717) is 18.8 Å². The molecule has 1 aromatic carbocycles. The maximum atomic E-state index is 11.3. The van der Waals surface area contributed by atoms with Crippen molar-refractivity contribution in [3.05, 3.63) is 29.8 Å². The van der Waals surface area contributed by atoms with Crippen molar-refractivity contribution in [2.45, 2.75) is 27.2 Å². The maximum Gasteiger partial charge on any atom is 0.159 e. The number of ether oxygens (including phenoxy) is 2. The van der Waals surface area contributed by atoms with E-state index in [1.54, 1.807) is 24.0 Å². The Morgan fingerprint density at radius 3 is 2.61 bits per heavy atom. The SMILES string of the molecule is CC(=O)c1cccc(OCCOCC[NH+]2C[C@H](C)C[C@@H](C)C2)c1. The van der Waals surface area contributed by atoms with Gasteiger partial charge in [0, 0.05) is 17.4 Å². The number of quaternary nitrogens is 1. The minimum absolute atomic E-state index is 0.0552. The van der Waals surface area contributed by atoms with Gasteiger partial charge in [-0.2, -0.15) is 0 Å². The number of hydrogen-bond donors (Lipinski definition) is 1. The molecule has 0 saturated carbocycles. The summed E-state index contributed by atoms with van der Waals surface area (Å²) < 4.78 is 11.3. The highest BCUT2D eigenvalue weighted by atomic mass is 16.5. The van der Waals surface area contributed by atoms with Crippen LogP contribution in [-0.4, -0.2) is 45.2 Å². The lowest BCUT2D eigenvalue weighted by molar-refractivity contribution is -0.912. The highest BCUT2D eigenvalue weighted by Gasteiger charge is 2.24. The lowest BCUT2D eigenvalue weighted by atomic mass is 9.92. The van der Waals surface area contributed by atoms with E-state index in [9.17, 15) is 4.79 Å². The first-order valence-corrected chi connectivity index (χ1v) is 8.69. The third-order valence-electron chi connectivity index (χ3n) is 4.42. The Kier molecular flexibility index (Phi) is 7.06. The average Bonchev–Trinajstić information content (AvgIpc) is 2.50. The van der Waals surface area contributed by atoms with Crippen LogP contribution < -0.4 is 9.64 Å². The van der Waals surface area contributed by atoms with Gasteiger partial charge in [-0.1, -0.05) is 26.0 Å². The van der Waals surface area contributed by atoms with Crippen LogP contribution in [0, 0.1) is 11.8 Å². The van der Waals surface area contributed by atoms with Crippen molar-refractivity contribution < 1.29 is 19.2 Å². The quantitative estimate of drug-likeness (QED) is 0.587. The van der Waals surface area contributed by atoms with Crippen molar-refractivity contribution in [2.24, 2.45) is 11.8 Å². The summed E-state index contributed by atoms with van der Waals surface area (Å²) in [4.78, 5) is 13.0. The van der Waals surface area contributed by atoms with E-state index in [4.69, 9.17) is 9.47 Å². The van der Waals surface area contributed by atoms with Gasteiger partial charge in [-0.05, 0) is 25.5 Å². The molecule has 23 heavy (non-hydrogen) atoms. The normalized spacial score (nSPS) is 24.4. The van der Waals surface area contributed by atoms with Gasteiger partial charge in [0.05, 0.1) is 26.3 Å². The molecule has 2 rings (SSSR count). The number of rotatable bonds is 8. The lowest BCUT2D eigenvalue weighted by Crippen LogP contribution is -3.14. The van der Waals surface area contributed by atoms with Crippen molar-refractivity contribution in [3.63, 3.8) is 0 Å². The standard InChI is InChI=1S/C19H29NO3/c1-15-11-16(2)14-20(13-15)7-8-22-9-10-23-19-6-4-5-18(12-19)17(3)21/h4-6,12,15-16H,7-11,13-14H2,1-3H3/p+1/t15-,16-/m1/s1. The first-order chi connectivity index (χ1) is 11.0. The number of carbonyl (C=O) groups is 1. The minimum atomic E-state index is 0.0552. The van der Waals surface area contributed by atoms with Crippen LogP contribution in [0.4, 0.5) is 0 Å². The summed E-state index contributed by atoms with van der Waals surface area (Å²) in [5.74, 6) is 2.43. The van der Waals surface area contributed by atoms with Crippen LogP contribution in [0.5, 0.6) is 5.75 Å². The van der Waals surface area contributed by atoms with Crippen LogP contribution in [0.25, 0.3) is 0 Å². The van der Waals surface area contributed by atoms with E-state index in [-0.39, 0.29) is 5.78 Å². The largest absolute Gasteiger partial charge is 0.491 e. The number of piperidine rings is 1. The number of ketones is 1. The van der Waals surface area contributed by atoms with Crippen LogP contribution in [0.1, 0.15) is 37.6 Å². The molecule has 1 saturated heterocycles. The van der Waals surface area contributed by atoms with Gasteiger partial charge in [0.15, 0.2) is 5.78 Å². The minimum Gasteiger partial charge on any atom is -0.491 e. The number of carbonyl (C=O) groups excluding carboxylic acids is 1. The molecular weight excluding hydrogens is 290 g/mol. The van der Waals surface area contributed by atoms with Gasteiger partial charge in [0.2, 0.25) is 0 Å². The number of Topliss-reactive ketones (excluding diaryl/α,β-unsaturated/α-hetero) is 1. The Morgan fingerprint density at radius 2 is 1.91 bits per heavy atom. The first-order valence-electron chi connectivity index (χ1n) is 8.69. The summed E-state index contributed by atoms with van der Waals surface area (Å²) in [6.45, 7) is 11.8. The second kappa shape index (κ2) is 9.04. The summed E-state index contributed by atoms with van der Waals surface area (Å²) >= 11 is 0. The van der Waals surface area contributed by atoms with Crippen molar-refractivity contribution in [1.29, 1.82) is 0 Å². The zero-order valence-electron chi connectivity index (χ0n) is 14.6. The second-order valence-electron chi connectivity index (χ2n) is 6.90.